The van der Waals surface area contributed by atoms with Gasteiger partial charge in [-0.3, -0.25) is 20.3 Å². The molecule has 0 bridgehead atoms. The van der Waals surface area contributed by atoms with Gasteiger partial charge in [0.05, 0.1) is 6.10 Å². The predicted molar refractivity (Wildman–Crippen MR) is 67.8 cm³/mol. The largest absolute Gasteiger partial charge is 0.393 e. The van der Waals surface area contributed by atoms with Gasteiger partial charge in [-0.1, -0.05) is 0 Å². The molecular formula is C12H23N3O3. The number of hydrogen-bond donors (Lipinski definition) is 2. The Morgan fingerprint density at radius 3 is 2.44 bits per heavy atom. The molecule has 3 atom stereocenters. The fourth-order valence-corrected chi connectivity index (χ4v) is 3.09. The highest BCUT2D eigenvalue weighted by Crippen LogP contribution is 2.24. The lowest BCUT2D eigenvalue weighted by Crippen LogP contribution is -2.54. The molecule has 2 rings (SSSR count). The van der Waals surface area contributed by atoms with Crippen molar-refractivity contribution in [1.82, 2.24) is 10.2 Å². The van der Waals surface area contributed by atoms with Crippen molar-refractivity contribution in [3.63, 3.8) is 0 Å². The Balaban J connectivity index is 1.76. The van der Waals surface area contributed by atoms with E-state index in [2.05, 4.69) is 10.2 Å². The smallest absolute Gasteiger partial charge is 0.266 e. The summed E-state index contributed by atoms with van der Waals surface area (Å²) in [7, 11) is 0. The molecule has 0 aliphatic carbocycles. The summed E-state index contributed by atoms with van der Waals surface area (Å²) in [6.45, 7) is 4.59. The first kappa shape index (κ1) is 13.7. The van der Waals surface area contributed by atoms with Crippen LogP contribution in [0.2, 0.25) is 0 Å². The maximum atomic E-state index is 10.7. The van der Waals surface area contributed by atoms with Gasteiger partial charge in [-0.05, 0) is 45.2 Å². The van der Waals surface area contributed by atoms with E-state index in [1.54, 1.807) is 0 Å². The molecule has 2 aliphatic heterocycles. The van der Waals surface area contributed by atoms with Crippen molar-refractivity contribution in [2.75, 3.05) is 19.6 Å². The van der Waals surface area contributed by atoms with E-state index >= 15 is 0 Å². The summed E-state index contributed by atoms with van der Waals surface area (Å²) in [4.78, 5) is 12.8. The molecule has 104 valence electrons. The van der Waals surface area contributed by atoms with Crippen LogP contribution in [0.1, 0.15) is 32.6 Å². The molecule has 2 saturated heterocycles. The maximum Gasteiger partial charge on any atom is 0.266 e. The van der Waals surface area contributed by atoms with Crippen LogP contribution < -0.4 is 5.32 Å². The Bertz CT molecular complexity index is 282. The Kier molecular flexibility index (Phi) is 4.53. The molecule has 6 nitrogen and oxygen atoms in total. The van der Waals surface area contributed by atoms with Crippen LogP contribution in [-0.2, 0) is 0 Å². The minimum absolute atomic E-state index is 0.213. The van der Waals surface area contributed by atoms with Crippen molar-refractivity contribution in [1.29, 1.82) is 0 Å². The summed E-state index contributed by atoms with van der Waals surface area (Å²) < 4.78 is 0. The van der Waals surface area contributed by atoms with Gasteiger partial charge in [0.25, 0.3) is 6.17 Å². The van der Waals surface area contributed by atoms with Crippen molar-refractivity contribution in [2.24, 2.45) is 5.92 Å². The Hall–Kier alpha value is -0.720. The van der Waals surface area contributed by atoms with E-state index in [1.807, 2.05) is 6.92 Å². The molecule has 2 fully saturated rings. The Labute approximate surface area is 107 Å². The number of nitro groups is 1. The fraction of sp³-hybridized carbons (Fsp3) is 1.00. The van der Waals surface area contributed by atoms with Gasteiger partial charge in [-0.2, -0.15) is 0 Å². The zero-order valence-corrected chi connectivity index (χ0v) is 10.9. The summed E-state index contributed by atoms with van der Waals surface area (Å²) >= 11 is 0. The molecular weight excluding hydrogens is 234 g/mol. The van der Waals surface area contributed by atoms with E-state index in [0.29, 0.717) is 24.9 Å². The average molecular weight is 257 g/mol. The van der Waals surface area contributed by atoms with E-state index < -0.39 is 6.17 Å². The van der Waals surface area contributed by atoms with E-state index in [9.17, 15) is 15.2 Å². The third-order valence-electron chi connectivity index (χ3n) is 4.39. The van der Waals surface area contributed by atoms with Crippen LogP contribution in [0.5, 0.6) is 0 Å². The van der Waals surface area contributed by atoms with Crippen LogP contribution >= 0.6 is 0 Å². The first-order valence-electron chi connectivity index (χ1n) is 6.87. The molecule has 2 heterocycles. The highest BCUT2D eigenvalue weighted by molar-refractivity contribution is 4.84. The van der Waals surface area contributed by atoms with Crippen molar-refractivity contribution < 1.29 is 10.0 Å². The summed E-state index contributed by atoms with van der Waals surface area (Å²) in [5.74, 6) is 0.421. The zero-order valence-electron chi connectivity index (χ0n) is 10.9. The quantitative estimate of drug-likeness (QED) is 0.566. The van der Waals surface area contributed by atoms with Gasteiger partial charge in [-0.25, -0.2) is 0 Å². The molecule has 0 saturated carbocycles. The van der Waals surface area contributed by atoms with Crippen LogP contribution in [-0.4, -0.2) is 52.9 Å². The van der Waals surface area contributed by atoms with Crippen molar-refractivity contribution in [3.05, 3.63) is 10.1 Å². The van der Waals surface area contributed by atoms with Gasteiger partial charge < -0.3 is 5.11 Å². The van der Waals surface area contributed by atoms with Crippen LogP contribution in [0.15, 0.2) is 0 Å². The molecule has 0 aromatic rings. The number of aliphatic hydroxyl groups excluding tert-OH is 1. The van der Waals surface area contributed by atoms with Crippen LogP contribution in [0, 0.1) is 16.0 Å². The Morgan fingerprint density at radius 2 is 2.00 bits per heavy atom. The molecule has 3 unspecified atom stereocenters. The number of piperidine rings is 2. The molecule has 0 spiro atoms. The van der Waals surface area contributed by atoms with Gasteiger partial charge in [0, 0.05) is 23.9 Å². The van der Waals surface area contributed by atoms with Gasteiger partial charge in [-0.15, -0.1) is 0 Å². The van der Waals surface area contributed by atoms with E-state index in [-0.39, 0.29) is 11.0 Å². The van der Waals surface area contributed by atoms with Gasteiger partial charge in [0.15, 0.2) is 0 Å². The number of likely N-dealkylation sites (tertiary alicyclic amines) is 1. The minimum atomic E-state index is -0.559. The molecule has 18 heavy (non-hydrogen) atoms. The molecule has 0 aromatic heterocycles. The maximum absolute atomic E-state index is 10.7. The number of nitrogens with one attached hydrogen (secondary N) is 1. The van der Waals surface area contributed by atoms with Crippen LogP contribution in [0.25, 0.3) is 0 Å². The lowest BCUT2D eigenvalue weighted by Gasteiger charge is -2.40. The van der Waals surface area contributed by atoms with E-state index in [0.717, 1.165) is 32.4 Å². The molecule has 2 N–H and O–H groups in total. The van der Waals surface area contributed by atoms with E-state index in [1.165, 1.54) is 0 Å². The second-order valence-corrected chi connectivity index (χ2v) is 5.55. The third-order valence-corrected chi connectivity index (χ3v) is 4.39. The second kappa shape index (κ2) is 5.95. The topological polar surface area (TPSA) is 78.6 Å². The summed E-state index contributed by atoms with van der Waals surface area (Å²) in [6.07, 6.45) is 2.82. The minimum Gasteiger partial charge on any atom is -0.393 e. The lowest BCUT2D eigenvalue weighted by atomic mass is 9.90. The SMILES string of the molecule is CC(O)C1CCN(C2CCC([N+](=O)[O-])NC2)CC1. The average Bonchev–Trinajstić information content (AvgIpc) is 2.39. The summed E-state index contributed by atoms with van der Waals surface area (Å²) in [6, 6.07) is 0.427. The number of aliphatic hydroxyl groups is 1. The fourth-order valence-electron chi connectivity index (χ4n) is 3.09. The normalized spacial score (nSPS) is 33.2. The van der Waals surface area contributed by atoms with Gasteiger partial charge in [0.2, 0.25) is 0 Å². The molecule has 6 heteroatoms. The van der Waals surface area contributed by atoms with Gasteiger partial charge >= 0.3 is 0 Å². The van der Waals surface area contributed by atoms with Crippen LogP contribution in [0.3, 0.4) is 0 Å². The number of rotatable bonds is 3. The lowest BCUT2D eigenvalue weighted by molar-refractivity contribution is -0.532. The van der Waals surface area contributed by atoms with E-state index in [4.69, 9.17) is 0 Å². The first-order valence-corrected chi connectivity index (χ1v) is 6.87. The second-order valence-electron chi connectivity index (χ2n) is 5.55. The number of hydrogen-bond acceptors (Lipinski definition) is 5. The van der Waals surface area contributed by atoms with Crippen molar-refractivity contribution in [2.45, 2.75) is 50.9 Å². The Morgan fingerprint density at radius 1 is 1.33 bits per heavy atom. The standard InChI is InChI=1S/C12H23N3O3/c1-9(16)10-4-6-14(7-5-10)11-2-3-12(13-8-11)15(17)18/h9-13,16H,2-8H2,1H3. The van der Waals surface area contributed by atoms with Crippen molar-refractivity contribution in [3.8, 4) is 0 Å². The first-order chi connectivity index (χ1) is 8.58. The summed E-state index contributed by atoms with van der Waals surface area (Å²) in [5, 5.41) is 23.2. The number of nitrogens with zero attached hydrogens (tertiary/aromatic N) is 2. The van der Waals surface area contributed by atoms with Gasteiger partial charge in [0.1, 0.15) is 0 Å². The predicted octanol–water partition coefficient (Wildman–Crippen LogP) is 0.434. The van der Waals surface area contributed by atoms with Crippen LogP contribution in [0.4, 0.5) is 0 Å². The highest BCUT2D eigenvalue weighted by atomic mass is 16.6. The third kappa shape index (κ3) is 3.18. The zero-order chi connectivity index (χ0) is 13.1. The molecule has 2 aliphatic rings. The molecule has 0 aromatic carbocycles. The van der Waals surface area contributed by atoms with Crippen molar-refractivity contribution >= 4 is 0 Å². The highest BCUT2D eigenvalue weighted by Gasteiger charge is 2.33. The summed E-state index contributed by atoms with van der Waals surface area (Å²) in [5.41, 5.74) is 0. The monoisotopic (exact) mass is 257 g/mol. The molecule has 0 radical (unpaired) electrons. The molecule has 0 amide bonds.